The summed E-state index contributed by atoms with van der Waals surface area (Å²) in [5.74, 6) is 0.00885. The van der Waals surface area contributed by atoms with E-state index in [4.69, 9.17) is 10.3 Å². The lowest BCUT2D eigenvalue weighted by Crippen LogP contribution is -2.45. The predicted octanol–water partition coefficient (Wildman–Crippen LogP) is 4.01. The van der Waals surface area contributed by atoms with E-state index in [2.05, 4.69) is 15.3 Å². The third-order valence-electron chi connectivity index (χ3n) is 4.01. The molecule has 8 nitrogen and oxygen atoms in total. The standard InChI is InChI=1S/C18H25N5O3/c1-18(2,3)26-17(25)23-10-4-5-13(12-23)11-20-16(24)14-6-8-15(9-7-14)21-22-19/h6-9,13H,4-5,10-12H2,1-3H3,(H,20,24). The molecule has 1 aromatic carbocycles. The van der Waals surface area contributed by atoms with Crippen LogP contribution in [0.3, 0.4) is 0 Å². The summed E-state index contributed by atoms with van der Waals surface area (Å²) in [4.78, 5) is 28.8. The number of likely N-dealkylation sites (tertiary alicyclic amines) is 1. The molecule has 26 heavy (non-hydrogen) atoms. The number of hydrogen-bond acceptors (Lipinski definition) is 4. The van der Waals surface area contributed by atoms with Gasteiger partial charge >= 0.3 is 6.09 Å². The maximum Gasteiger partial charge on any atom is 0.410 e. The first-order chi connectivity index (χ1) is 12.3. The Labute approximate surface area is 153 Å². The predicted molar refractivity (Wildman–Crippen MR) is 98.1 cm³/mol. The number of nitrogens with one attached hydrogen (secondary N) is 1. The zero-order chi connectivity index (χ0) is 19.2. The van der Waals surface area contributed by atoms with E-state index in [1.54, 1.807) is 29.2 Å². The number of carbonyl (C=O) groups is 2. The Kier molecular flexibility index (Phi) is 6.46. The average Bonchev–Trinajstić information content (AvgIpc) is 2.59. The lowest BCUT2D eigenvalue weighted by Gasteiger charge is -2.34. The Morgan fingerprint density at radius 3 is 2.65 bits per heavy atom. The fraction of sp³-hybridized carbons (Fsp3) is 0.556. The van der Waals surface area contributed by atoms with Crippen molar-refractivity contribution in [2.24, 2.45) is 11.0 Å². The number of piperidine rings is 1. The molecule has 1 fully saturated rings. The minimum absolute atomic E-state index is 0.188. The van der Waals surface area contributed by atoms with Gasteiger partial charge < -0.3 is 15.0 Å². The molecular weight excluding hydrogens is 334 g/mol. The lowest BCUT2D eigenvalue weighted by atomic mass is 9.98. The van der Waals surface area contributed by atoms with E-state index in [0.29, 0.717) is 30.9 Å². The number of benzene rings is 1. The summed E-state index contributed by atoms with van der Waals surface area (Å²) < 4.78 is 5.42. The summed E-state index contributed by atoms with van der Waals surface area (Å²) in [6.07, 6.45) is 1.54. The van der Waals surface area contributed by atoms with Gasteiger partial charge in [0.05, 0.1) is 0 Å². The summed E-state index contributed by atoms with van der Waals surface area (Å²) in [5.41, 5.74) is 8.84. The third kappa shape index (κ3) is 5.97. The van der Waals surface area contributed by atoms with Crippen molar-refractivity contribution in [3.63, 3.8) is 0 Å². The van der Waals surface area contributed by atoms with Crippen LogP contribution in [0.5, 0.6) is 0 Å². The second-order valence-corrected chi connectivity index (χ2v) is 7.38. The van der Waals surface area contributed by atoms with Crippen molar-refractivity contribution in [2.75, 3.05) is 19.6 Å². The summed E-state index contributed by atoms with van der Waals surface area (Å²) in [6, 6.07) is 6.43. The number of nitrogens with zero attached hydrogens (tertiary/aromatic N) is 4. The van der Waals surface area contributed by atoms with Crippen molar-refractivity contribution in [2.45, 2.75) is 39.2 Å². The second-order valence-electron chi connectivity index (χ2n) is 7.38. The van der Waals surface area contributed by atoms with Crippen molar-refractivity contribution >= 4 is 17.7 Å². The highest BCUT2D eigenvalue weighted by molar-refractivity contribution is 5.94. The molecule has 8 heteroatoms. The maximum atomic E-state index is 12.2. The Hall–Kier alpha value is -2.73. The van der Waals surface area contributed by atoms with E-state index in [-0.39, 0.29) is 17.9 Å². The molecule has 0 spiro atoms. The fourth-order valence-corrected chi connectivity index (χ4v) is 2.79. The Balaban J connectivity index is 1.85. The van der Waals surface area contributed by atoms with Crippen LogP contribution in [0.25, 0.3) is 10.4 Å². The van der Waals surface area contributed by atoms with Crippen molar-refractivity contribution < 1.29 is 14.3 Å². The summed E-state index contributed by atoms with van der Waals surface area (Å²) in [6.45, 7) is 7.29. The second kappa shape index (κ2) is 8.58. The molecule has 1 unspecified atom stereocenters. The molecule has 2 rings (SSSR count). The van der Waals surface area contributed by atoms with E-state index in [9.17, 15) is 9.59 Å². The monoisotopic (exact) mass is 359 g/mol. The van der Waals surface area contributed by atoms with E-state index in [1.807, 2.05) is 20.8 Å². The van der Waals surface area contributed by atoms with Gasteiger partial charge in [-0.2, -0.15) is 0 Å². The number of rotatable bonds is 4. The van der Waals surface area contributed by atoms with Crippen molar-refractivity contribution in [1.82, 2.24) is 10.2 Å². The Morgan fingerprint density at radius 1 is 1.35 bits per heavy atom. The van der Waals surface area contributed by atoms with E-state index >= 15 is 0 Å². The molecule has 2 amide bonds. The van der Waals surface area contributed by atoms with Gasteiger partial charge in [0, 0.05) is 35.8 Å². The molecule has 1 heterocycles. The highest BCUT2D eigenvalue weighted by atomic mass is 16.6. The molecule has 0 aliphatic carbocycles. The number of carbonyl (C=O) groups excluding carboxylic acids is 2. The minimum Gasteiger partial charge on any atom is -0.444 e. The van der Waals surface area contributed by atoms with Crippen LogP contribution in [0.15, 0.2) is 29.4 Å². The molecule has 1 aliphatic rings. The molecular formula is C18H25N5O3. The first kappa shape index (κ1) is 19.6. The molecule has 140 valence electrons. The normalized spacial score (nSPS) is 17.2. The quantitative estimate of drug-likeness (QED) is 0.498. The van der Waals surface area contributed by atoms with E-state index < -0.39 is 5.60 Å². The highest BCUT2D eigenvalue weighted by Gasteiger charge is 2.27. The molecule has 0 bridgehead atoms. The molecule has 1 N–H and O–H groups in total. The van der Waals surface area contributed by atoms with E-state index in [0.717, 1.165) is 12.8 Å². The fourth-order valence-electron chi connectivity index (χ4n) is 2.79. The SMILES string of the molecule is CC(C)(C)OC(=O)N1CCCC(CNC(=O)c2ccc(N=[N+]=[N-])cc2)C1. The van der Waals surface area contributed by atoms with Gasteiger partial charge in [-0.05, 0) is 57.2 Å². The topological polar surface area (TPSA) is 107 Å². The summed E-state index contributed by atoms with van der Waals surface area (Å²) in [5, 5.41) is 6.38. The largest absolute Gasteiger partial charge is 0.444 e. The van der Waals surface area contributed by atoms with Crippen molar-refractivity contribution in [1.29, 1.82) is 0 Å². The number of azide groups is 1. The van der Waals surface area contributed by atoms with Gasteiger partial charge in [-0.15, -0.1) is 0 Å². The number of hydrogen-bond donors (Lipinski definition) is 1. The molecule has 1 atom stereocenters. The zero-order valence-electron chi connectivity index (χ0n) is 15.4. The lowest BCUT2D eigenvalue weighted by molar-refractivity contribution is 0.0167. The van der Waals surface area contributed by atoms with Gasteiger partial charge in [-0.1, -0.05) is 17.2 Å². The van der Waals surface area contributed by atoms with Crippen LogP contribution in [0, 0.1) is 5.92 Å². The first-order valence-electron chi connectivity index (χ1n) is 8.70. The van der Waals surface area contributed by atoms with Crippen LogP contribution in [-0.4, -0.2) is 42.1 Å². The number of ether oxygens (including phenoxy) is 1. The van der Waals surface area contributed by atoms with Gasteiger partial charge in [0.15, 0.2) is 0 Å². The highest BCUT2D eigenvalue weighted by Crippen LogP contribution is 2.19. The van der Waals surface area contributed by atoms with Gasteiger partial charge in [0.2, 0.25) is 0 Å². The van der Waals surface area contributed by atoms with Crippen molar-refractivity contribution in [3.05, 3.63) is 40.3 Å². The molecule has 1 aliphatic heterocycles. The molecule has 0 radical (unpaired) electrons. The van der Waals surface area contributed by atoms with Crippen LogP contribution < -0.4 is 5.32 Å². The van der Waals surface area contributed by atoms with E-state index in [1.165, 1.54) is 0 Å². The van der Waals surface area contributed by atoms with Crippen LogP contribution in [0.1, 0.15) is 44.0 Å². The van der Waals surface area contributed by atoms with Crippen LogP contribution in [0.4, 0.5) is 10.5 Å². The van der Waals surface area contributed by atoms with Crippen molar-refractivity contribution in [3.8, 4) is 0 Å². The molecule has 0 saturated carbocycles. The molecule has 0 aromatic heterocycles. The molecule has 1 aromatic rings. The summed E-state index contributed by atoms with van der Waals surface area (Å²) >= 11 is 0. The van der Waals surface area contributed by atoms with Gasteiger partial charge in [-0.3, -0.25) is 4.79 Å². The van der Waals surface area contributed by atoms with Gasteiger partial charge in [-0.25, -0.2) is 4.79 Å². The van der Waals surface area contributed by atoms with Crippen LogP contribution in [-0.2, 0) is 4.74 Å². The first-order valence-corrected chi connectivity index (χ1v) is 8.70. The summed E-state index contributed by atoms with van der Waals surface area (Å²) in [7, 11) is 0. The third-order valence-corrected chi connectivity index (χ3v) is 4.01. The number of amides is 2. The Morgan fingerprint density at radius 2 is 2.04 bits per heavy atom. The van der Waals surface area contributed by atoms with Crippen LogP contribution >= 0.6 is 0 Å². The maximum absolute atomic E-state index is 12.2. The smallest absolute Gasteiger partial charge is 0.410 e. The minimum atomic E-state index is -0.514. The average molecular weight is 359 g/mol. The Bertz CT molecular complexity index is 690. The zero-order valence-corrected chi connectivity index (χ0v) is 15.4. The van der Waals surface area contributed by atoms with Gasteiger partial charge in [0.1, 0.15) is 5.60 Å². The van der Waals surface area contributed by atoms with Gasteiger partial charge in [0.25, 0.3) is 5.91 Å². The molecule has 1 saturated heterocycles. The van der Waals surface area contributed by atoms with Crippen LogP contribution in [0.2, 0.25) is 0 Å².